The molecule has 6 nitrogen and oxygen atoms in total. The summed E-state index contributed by atoms with van der Waals surface area (Å²) in [7, 11) is 1.76. The predicted molar refractivity (Wildman–Crippen MR) is 94.0 cm³/mol. The molecule has 0 unspecified atom stereocenters. The van der Waals surface area contributed by atoms with Crippen molar-refractivity contribution in [2.45, 2.75) is 39.7 Å². The molecule has 0 aliphatic heterocycles. The number of nitrogens with one attached hydrogen (secondary N) is 2. The van der Waals surface area contributed by atoms with Gasteiger partial charge in [0.1, 0.15) is 0 Å². The lowest BCUT2D eigenvalue weighted by Crippen LogP contribution is -2.37. The zero-order chi connectivity index (χ0) is 16.8. The highest BCUT2D eigenvalue weighted by Crippen LogP contribution is 2.13. The molecule has 0 radical (unpaired) electrons. The van der Waals surface area contributed by atoms with Crippen LogP contribution >= 0.6 is 0 Å². The average molecular weight is 322 g/mol. The van der Waals surface area contributed by atoms with Gasteiger partial charge in [-0.1, -0.05) is 19.4 Å². The minimum Gasteiger partial charge on any atom is -0.478 e. The van der Waals surface area contributed by atoms with E-state index < -0.39 is 0 Å². The second-order valence-electron chi connectivity index (χ2n) is 5.07. The van der Waals surface area contributed by atoms with E-state index in [9.17, 15) is 0 Å². The average Bonchev–Trinajstić information content (AvgIpc) is 2.58. The lowest BCUT2D eigenvalue weighted by Gasteiger charge is -2.13. The Hall–Kier alpha value is -1.82. The van der Waals surface area contributed by atoms with Gasteiger partial charge in [-0.15, -0.1) is 0 Å². The summed E-state index contributed by atoms with van der Waals surface area (Å²) in [6, 6.07) is 3.91. The van der Waals surface area contributed by atoms with Crippen LogP contribution in [0.15, 0.2) is 23.3 Å². The largest absolute Gasteiger partial charge is 0.478 e. The highest BCUT2D eigenvalue weighted by molar-refractivity contribution is 5.79. The maximum atomic E-state index is 5.54. The van der Waals surface area contributed by atoms with Crippen LogP contribution in [0.2, 0.25) is 0 Å². The fourth-order valence-corrected chi connectivity index (χ4v) is 1.95. The molecule has 0 aromatic carbocycles. The van der Waals surface area contributed by atoms with Gasteiger partial charge in [-0.2, -0.15) is 0 Å². The predicted octanol–water partition coefficient (Wildman–Crippen LogP) is 2.35. The van der Waals surface area contributed by atoms with Crippen molar-refractivity contribution in [3.05, 3.63) is 23.9 Å². The van der Waals surface area contributed by atoms with E-state index in [1.54, 1.807) is 13.2 Å². The fraction of sp³-hybridized carbons (Fsp3) is 0.647. The van der Waals surface area contributed by atoms with E-state index in [2.05, 4.69) is 27.5 Å². The number of hydrogen-bond acceptors (Lipinski definition) is 4. The number of aromatic nitrogens is 1. The van der Waals surface area contributed by atoms with Gasteiger partial charge in [0.15, 0.2) is 5.96 Å². The lowest BCUT2D eigenvalue weighted by atomic mass is 10.2. The van der Waals surface area contributed by atoms with Gasteiger partial charge in [0.05, 0.1) is 6.61 Å². The molecule has 0 spiro atoms. The SMILES string of the molecule is CCCCOCCCNC(=NC)NCc1cccnc1OCC. The molecule has 0 saturated heterocycles. The van der Waals surface area contributed by atoms with E-state index in [-0.39, 0.29) is 0 Å². The van der Waals surface area contributed by atoms with E-state index in [4.69, 9.17) is 9.47 Å². The Balaban J connectivity index is 2.26. The van der Waals surface area contributed by atoms with Crippen LogP contribution < -0.4 is 15.4 Å². The molecule has 1 aromatic rings. The summed E-state index contributed by atoms with van der Waals surface area (Å²) in [5.74, 6) is 1.44. The summed E-state index contributed by atoms with van der Waals surface area (Å²) < 4.78 is 11.1. The zero-order valence-corrected chi connectivity index (χ0v) is 14.6. The molecule has 1 aromatic heterocycles. The second-order valence-corrected chi connectivity index (χ2v) is 5.07. The van der Waals surface area contributed by atoms with Gasteiger partial charge in [0, 0.05) is 45.1 Å². The Morgan fingerprint density at radius 2 is 2.04 bits per heavy atom. The van der Waals surface area contributed by atoms with Crippen LogP contribution in [0.1, 0.15) is 38.7 Å². The standard InChI is InChI=1S/C17H30N4O2/c1-4-6-12-22-13-8-11-20-17(18-3)21-14-15-9-7-10-19-16(15)23-5-2/h7,9-10H,4-6,8,11-14H2,1-3H3,(H2,18,20,21). The molecule has 1 rings (SSSR count). The van der Waals surface area contributed by atoms with Crippen molar-refractivity contribution in [2.75, 3.05) is 33.4 Å². The first-order valence-electron chi connectivity index (χ1n) is 8.40. The summed E-state index contributed by atoms with van der Waals surface area (Å²) in [4.78, 5) is 8.46. The second kappa shape index (κ2) is 12.7. The third-order valence-corrected chi connectivity index (χ3v) is 3.20. The number of aliphatic imine (C=N–C) groups is 1. The Labute approximate surface area is 139 Å². The number of rotatable bonds is 11. The van der Waals surface area contributed by atoms with Crippen LogP contribution in [-0.4, -0.2) is 44.4 Å². The van der Waals surface area contributed by atoms with Crippen molar-refractivity contribution in [1.29, 1.82) is 0 Å². The third-order valence-electron chi connectivity index (χ3n) is 3.20. The van der Waals surface area contributed by atoms with Crippen LogP contribution in [0.5, 0.6) is 5.88 Å². The van der Waals surface area contributed by atoms with E-state index in [1.807, 2.05) is 19.1 Å². The summed E-state index contributed by atoms with van der Waals surface area (Å²) in [6.07, 6.45) is 5.00. The Bertz CT molecular complexity index is 452. The molecule has 130 valence electrons. The molecule has 1 heterocycles. The monoisotopic (exact) mass is 322 g/mol. The highest BCUT2D eigenvalue weighted by Gasteiger charge is 2.05. The third kappa shape index (κ3) is 8.40. The molecule has 2 N–H and O–H groups in total. The summed E-state index contributed by atoms with van der Waals surface area (Å²) >= 11 is 0. The maximum absolute atomic E-state index is 5.54. The van der Waals surface area contributed by atoms with Gasteiger partial charge in [-0.05, 0) is 25.8 Å². The normalized spacial score (nSPS) is 11.3. The van der Waals surface area contributed by atoms with Crippen molar-refractivity contribution >= 4 is 5.96 Å². The first kappa shape index (κ1) is 19.2. The molecule has 6 heteroatoms. The van der Waals surface area contributed by atoms with Crippen molar-refractivity contribution in [3.8, 4) is 5.88 Å². The number of ether oxygens (including phenoxy) is 2. The molecular weight excluding hydrogens is 292 g/mol. The van der Waals surface area contributed by atoms with Crippen LogP contribution in [0.4, 0.5) is 0 Å². The lowest BCUT2D eigenvalue weighted by molar-refractivity contribution is 0.129. The van der Waals surface area contributed by atoms with E-state index in [0.29, 0.717) is 19.0 Å². The van der Waals surface area contributed by atoms with E-state index in [1.165, 1.54) is 6.42 Å². The minimum absolute atomic E-state index is 0.606. The molecule has 0 aliphatic carbocycles. The van der Waals surface area contributed by atoms with Gasteiger partial charge in [0.25, 0.3) is 0 Å². The number of nitrogens with zero attached hydrogens (tertiary/aromatic N) is 2. The molecule has 23 heavy (non-hydrogen) atoms. The summed E-state index contributed by atoms with van der Waals surface area (Å²) in [6.45, 7) is 7.81. The number of hydrogen-bond donors (Lipinski definition) is 2. The zero-order valence-electron chi connectivity index (χ0n) is 14.6. The van der Waals surface area contributed by atoms with Crippen molar-refractivity contribution in [1.82, 2.24) is 15.6 Å². The van der Waals surface area contributed by atoms with Crippen LogP contribution in [0.25, 0.3) is 0 Å². The number of guanidine groups is 1. The molecule has 0 amide bonds. The molecule has 0 fully saturated rings. The smallest absolute Gasteiger partial charge is 0.218 e. The molecule has 0 aliphatic rings. The fourth-order valence-electron chi connectivity index (χ4n) is 1.95. The molecule has 0 saturated carbocycles. The number of unbranched alkanes of at least 4 members (excludes halogenated alkanes) is 1. The highest BCUT2D eigenvalue weighted by atomic mass is 16.5. The van der Waals surface area contributed by atoms with Crippen molar-refractivity contribution in [2.24, 2.45) is 4.99 Å². The minimum atomic E-state index is 0.606. The molecule has 0 atom stereocenters. The first-order valence-corrected chi connectivity index (χ1v) is 8.40. The maximum Gasteiger partial charge on any atom is 0.218 e. The molecular formula is C17H30N4O2. The Morgan fingerprint density at radius 3 is 2.78 bits per heavy atom. The number of pyridine rings is 1. The summed E-state index contributed by atoms with van der Waals surface area (Å²) in [5, 5.41) is 6.55. The van der Waals surface area contributed by atoms with Gasteiger partial charge < -0.3 is 20.1 Å². The van der Waals surface area contributed by atoms with Crippen LogP contribution in [0, 0.1) is 0 Å². The van der Waals surface area contributed by atoms with Crippen LogP contribution in [0.3, 0.4) is 0 Å². The summed E-state index contributed by atoms with van der Waals surface area (Å²) in [5.41, 5.74) is 1.01. The van der Waals surface area contributed by atoms with E-state index >= 15 is 0 Å². The van der Waals surface area contributed by atoms with Gasteiger partial charge in [0.2, 0.25) is 5.88 Å². The van der Waals surface area contributed by atoms with Crippen molar-refractivity contribution < 1.29 is 9.47 Å². The first-order chi connectivity index (χ1) is 11.3. The van der Waals surface area contributed by atoms with Gasteiger partial charge >= 0.3 is 0 Å². The van der Waals surface area contributed by atoms with Gasteiger partial charge in [-0.3, -0.25) is 4.99 Å². The van der Waals surface area contributed by atoms with Crippen molar-refractivity contribution in [3.63, 3.8) is 0 Å². The topological polar surface area (TPSA) is 67.8 Å². The Morgan fingerprint density at radius 1 is 1.22 bits per heavy atom. The van der Waals surface area contributed by atoms with E-state index in [0.717, 1.165) is 44.1 Å². The molecule has 0 bridgehead atoms. The quantitative estimate of drug-likeness (QED) is 0.372. The van der Waals surface area contributed by atoms with Crippen LogP contribution in [-0.2, 0) is 11.3 Å². The van der Waals surface area contributed by atoms with Gasteiger partial charge in [-0.25, -0.2) is 4.98 Å². The Kier molecular flexibility index (Phi) is 10.6.